The summed E-state index contributed by atoms with van der Waals surface area (Å²) in [5.74, 6) is -1.10. The highest BCUT2D eigenvalue weighted by atomic mass is 16.6. The first-order valence-electron chi connectivity index (χ1n) is 5.73. The molecule has 0 bridgehead atoms. The van der Waals surface area contributed by atoms with E-state index >= 15 is 0 Å². The zero-order chi connectivity index (χ0) is 14.6. The van der Waals surface area contributed by atoms with Gasteiger partial charge in [-0.3, -0.25) is 0 Å². The Morgan fingerprint density at radius 2 is 1.44 bits per heavy atom. The maximum absolute atomic E-state index is 11.4. The second-order valence-electron chi connectivity index (χ2n) is 5.62. The van der Waals surface area contributed by atoms with E-state index in [1.165, 1.54) is 0 Å². The van der Waals surface area contributed by atoms with Gasteiger partial charge < -0.3 is 9.47 Å². The van der Waals surface area contributed by atoms with E-state index in [4.69, 9.17) is 9.47 Å². The Bertz CT molecular complexity index is 347. The summed E-state index contributed by atoms with van der Waals surface area (Å²) in [4.78, 5) is 22.7. The molecule has 0 aromatic carbocycles. The van der Waals surface area contributed by atoms with Crippen molar-refractivity contribution in [1.82, 2.24) is 0 Å². The van der Waals surface area contributed by atoms with E-state index in [1.807, 2.05) is 20.8 Å². The standard InChI is InChI=1S/C14H22O4/c1-8-10(15)17-12(13(3,4)5)14(6,7)18-11(16)9-2/h8-9,12H,1-2H2,3-7H3. The Morgan fingerprint density at radius 1 is 1.00 bits per heavy atom. The minimum absolute atomic E-state index is 0.385. The molecular formula is C14H22O4. The fraction of sp³-hybridized carbons (Fsp3) is 0.571. The van der Waals surface area contributed by atoms with Gasteiger partial charge in [0.25, 0.3) is 0 Å². The van der Waals surface area contributed by atoms with Crippen LogP contribution in [0.25, 0.3) is 0 Å². The smallest absolute Gasteiger partial charge is 0.330 e. The lowest BCUT2D eigenvalue weighted by atomic mass is 9.80. The number of carbonyl (C=O) groups is 2. The SMILES string of the molecule is C=CC(=O)OC(C(C)(C)C)C(C)(C)OC(=O)C=C. The van der Waals surface area contributed by atoms with E-state index in [2.05, 4.69) is 13.2 Å². The third-order valence-electron chi connectivity index (χ3n) is 2.35. The highest BCUT2D eigenvalue weighted by molar-refractivity contribution is 5.82. The van der Waals surface area contributed by atoms with Crippen LogP contribution in [0.3, 0.4) is 0 Å². The summed E-state index contributed by atoms with van der Waals surface area (Å²) in [5.41, 5.74) is -1.34. The molecule has 4 heteroatoms. The van der Waals surface area contributed by atoms with Crippen LogP contribution in [0.15, 0.2) is 25.3 Å². The topological polar surface area (TPSA) is 52.6 Å². The number of hydrogen-bond acceptors (Lipinski definition) is 4. The molecule has 102 valence electrons. The van der Waals surface area contributed by atoms with Crippen LogP contribution in [0.5, 0.6) is 0 Å². The summed E-state index contributed by atoms with van der Waals surface area (Å²) in [5, 5.41) is 0. The van der Waals surface area contributed by atoms with Gasteiger partial charge in [0.15, 0.2) is 0 Å². The first-order chi connectivity index (χ1) is 8.04. The van der Waals surface area contributed by atoms with Gasteiger partial charge in [-0.2, -0.15) is 0 Å². The van der Waals surface area contributed by atoms with Crippen molar-refractivity contribution in [2.45, 2.75) is 46.3 Å². The highest BCUT2D eigenvalue weighted by Crippen LogP contribution is 2.33. The molecule has 0 saturated heterocycles. The molecule has 0 radical (unpaired) electrons. The Kier molecular flexibility index (Phi) is 5.33. The fourth-order valence-electron chi connectivity index (χ4n) is 1.88. The van der Waals surface area contributed by atoms with Crippen LogP contribution in [0.1, 0.15) is 34.6 Å². The van der Waals surface area contributed by atoms with Crippen LogP contribution in [0.2, 0.25) is 0 Å². The Labute approximate surface area is 109 Å². The molecule has 0 spiro atoms. The summed E-state index contributed by atoms with van der Waals surface area (Å²) in [6.45, 7) is 15.8. The zero-order valence-corrected chi connectivity index (χ0v) is 11.8. The molecule has 0 aliphatic carbocycles. The maximum Gasteiger partial charge on any atom is 0.330 e. The molecule has 0 aliphatic heterocycles. The molecule has 0 amide bonds. The predicted molar refractivity (Wildman–Crippen MR) is 69.9 cm³/mol. The number of ether oxygens (including phenoxy) is 2. The Hall–Kier alpha value is -1.58. The monoisotopic (exact) mass is 254 g/mol. The third-order valence-corrected chi connectivity index (χ3v) is 2.35. The average molecular weight is 254 g/mol. The van der Waals surface area contributed by atoms with Gasteiger partial charge in [-0.05, 0) is 13.8 Å². The highest BCUT2D eigenvalue weighted by Gasteiger charge is 2.43. The van der Waals surface area contributed by atoms with Gasteiger partial charge in [0.1, 0.15) is 11.7 Å². The van der Waals surface area contributed by atoms with E-state index in [0.29, 0.717) is 0 Å². The van der Waals surface area contributed by atoms with Crippen molar-refractivity contribution >= 4 is 11.9 Å². The van der Waals surface area contributed by atoms with Gasteiger partial charge >= 0.3 is 11.9 Å². The second-order valence-corrected chi connectivity index (χ2v) is 5.62. The van der Waals surface area contributed by atoms with Gasteiger partial charge in [-0.1, -0.05) is 33.9 Å². The molecule has 1 atom stereocenters. The molecular weight excluding hydrogens is 232 g/mol. The minimum Gasteiger partial charge on any atom is -0.454 e. The number of esters is 2. The van der Waals surface area contributed by atoms with Crippen molar-refractivity contribution in [3.05, 3.63) is 25.3 Å². The van der Waals surface area contributed by atoms with Crippen molar-refractivity contribution in [2.24, 2.45) is 5.41 Å². The summed E-state index contributed by atoms with van der Waals surface area (Å²) in [6, 6.07) is 0. The first-order valence-corrected chi connectivity index (χ1v) is 5.73. The lowest BCUT2D eigenvalue weighted by Crippen LogP contribution is -2.50. The largest absolute Gasteiger partial charge is 0.454 e. The Balaban J connectivity index is 5.17. The van der Waals surface area contributed by atoms with Gasteiger partial charge in [-0.25, -0.2) is 9.59 Å². The lowest BCUT2D eigenvalue weighted by Gasteiger charge is -2.40. The van der Waals surface area contributed by atoms with Crippen LogP contribution < -0.4 is 0 Å². The van der Waals surface area contributed by atoms with Gasteiger partial charge in [0, 0.05) is 17.6 Å². The summed E-state index contributed by atoms with van der Waals surface area (Å²) < 4.78 is 10.6. The molecule has 0 saturated carbocycles. The molecule has 0 fully saturated rings. The van der Waals surface area contributed by atoms with Crippen LogP contribution in [0.4, 0.5) is 0 Å². The van der Waals surface area contributed by atoms with Crippen LogP contribution in [0, 0.1) is 5.41 Å². The molecule has 0 heterocycles. The fourth-order valence-corrected chi connectivity index (χ4v) is 1.88. The molecule has 0 rings (SSSR count). The van der Waals surface area contributed by atoms with E-state index in [1.54, 1.807) is 13.8 Å². The first kappa shape index (κ1) is 16.4. The minimum atomic E-state index is -0.956. The molecule has 4 nitrogen and oxygen atoms in total. The molecule has 1 unspecified atom stereocenters. The van der Waals surface area contributed by atoms with E-state index in [9.17, 15) is 9.59 Å². The average Bonchev–Trinajstić information content (AvgIpc) is 2.22. The summed E-state index contributed by atoms with van der Waals surface area (Å²) in [6.07, 6.45) is 1.57. The van der Waals surface area contributed by atoms with Gasteiger partial charge in [-0.15, -0.1) is 0 Å². The third kappa shape index (κ3) is 4.73. The van der Waals surface area contributed by atoms with Gasteiger partial charge in [0.05, 0.1) is 0 Å². The molecule has 0 aliphatic rings. The van der Waals surface area contributed by atoms with Gasteiger partial charge in [0.2, 0.25) is 0 Å². The number of rotatable bonds is 5. The number of hydrogen-bond donors (Lipinski definition) is 0. The Morgan fingerprint density at radius 3 is 1.78 bits per heavy atom. The summed E-state index contributed by atoms with van der Waals surface area (Å²) in [7, 11) is 0. The molecule has 0 aromatic rings. The van der Waals surface area contributed by atoms with Crippen molar-refractivity contribution in [1.29, 1.82) is 0 Å². The molecule has 18 heavy (non-hydrogen) atoms. The second kappa shape index (κ2) is 5.85. The maximum atomic E-state index is 11.4. The summed E-state index contributed by atoms with van der Waals surface area (Å²) >= 11 is 0. The zero-order valence-electron chi connectivity index (χ0n) is 11.8. The quantitative estimate of drug-likeness (QED) is 0.559. The molecule has 0 N–H and O–H groups in total. The molecule has 0 aromatic heterocycles. The van der Waals surface area contributed by atoms with Crippen LogP contribution in [-0.2, 0) is 19.1 Å². The van der Waals surface area contributed by atoms with Crippen molar-refractivity contribution in [3.63, 3.8) is 0 Å². The van der Waals surface area contributed by atoms with E-state index in [0.717, 1.165) is 12.2 Å². The van der Waals surface area contributed by atoms with E-state index in [-0.39, 0.29) is 5.41 Å². The van der Waals surface area contributed by atoms with Crippen molar-refractivity contribution in [2.75, 3.05) is 0 Å². The van der Waals surface area contributed by atoms with Crippen LogP contribution >= 0.6 is 0 Å². The number of carbonyl (C=O) groups excluding carboxylic acids is 2. The predicted octanol–water partition coefficient (Wildman–Crippen LogP) is 2.64. The van der Waals surface area contributed by atoms with Crippen LogP contribution in [-0.4, -0.2) is 23.6 Å². The van der Waals surface area contributed by atoms with Crippen molar-refractivity contribution in [3.8, 4) is 0 Å². The van der Waals surface area contributed by atoms with Crippen molar-refractivity contribution < 1.29 is 19.1 Å². The normalized spacial score (nSPS) is 13.4. The lowest BCUT2D eigenvalue weighted by molar-refractivity contribution is -0.186. The van der Waals surface area contributed by atoms with E-state index < -0.39 is 23.6 Å².